The van der Waals surface area contributed by atoms with Crippen LogP contribution in [0.1, 0.15) is 25.0 Å². The number of nitrogens with zero attached hydrogens (tertiary/aromatic N) is 1. The molecule has 0 radical (unpaired) electrons. The summed E-state index contributed by atoms with van der Waals surface area (Å²) in [5, 5.41) is 2.98. The van der Waals surface area contributed by atoms with Gasteiger partial charge in [-0.15, -0.1) is 0 Å². The molecule has 128 valence electrons. The molecule has 0 aliphatic carbocycles. The van der Waals surface area contributed by atoms with Crippen LogP contribution >= 0.6 is 11.6 Å². The maximum Gasteiger partial charge on any atom is 0.283 e. The Morgan fingerprint density at radius 3 is 2.16 bits per heavy atom. The quantitative estimate of drug-likeness (QED) is 0.817. The van der Waals surface area contributed by atoms with E-state index in [0.717, 1.165) is 28.1 Å². The van der Waals surface area contributed by atoms with Gasteiger partial charge in [-0.25, -0.2) is 4.90 Å². The van der Waals surface area contributed by atoms with Crippen molar-refractivity contribution in [3.63, 3.8) is 0 Å². The van der Waals surface area contributed by atoms with Crippen molar-refractivity contribution in [2.24, 2.45) is 0 Å². The monoisotopic (exact) mass is 354 g/mol. The number of halogens is 1. The first-order valence-electron chi connectivity index (χ1n) is 8.29. The van der Waals surface area contributed by atoms with E-state index in [2.05, 4.69) is 5.32 Å². The maximum absolute atomic E-state index is 12.9. The molecule has 0 unspecified atom stereocenters. The SMILES string of the molecule is CCc1ccccc1NC1=C(Cl)C(=O)N(c2ccccc2CC)C1=O. The Morgan fingerprint density at radius 1 is 0.880 bits per heavy atom. The highest BCUT2D eigenvalue weighted by atomic mass is 35.5. The van der Waals surface area contributed by atoms with Gasteiger partial charge in [-0.3, -0.25) is 9.59 Å². The van der Waals surface area contributed by atoms with Gasteiger partial charge in [0.25, 0.3) is 11.8 Å². The summed E-state index contributed by atoms with van der Waals surface area (Å²) in [6.45, 7) is 4.01. The lowest BCUT2D eigenvalue weighted by Crippen LogP contribution is -2.33. The fraction of sp³-hybridized carbons (Fsp3) is 0.200. The van der Waals surface area contributed by atoms with Gasteiger partial charge in [-0.2, -0.15) is 0 Å². The molecule has 2 amide bonds. The Morgan fingerprint density at radius 2 is 1.48 bits per heavy atom. The molecule has 0 spiro atoms. The Balaban J connectivity index is 1.97. The van der Waals surface area contributed by atoms with Gasteiger partial charge < -0.3 is 5.32 Å². The number of para-hydroxylation sites is 2. The van der Waals surface area contributed by atoms with Gasteiger partial charge in [0.05, 0.1) is 5.69 Å². The van der Waals surface area contributed by atoms with Gasteiger partial charge in [0, 0.05) is 5.69 Å². The van der Waals surface area contributed by atoms with Crippen molar-refractivity contribution < 1.29 is 9.59 Å². The molecule has 0 fully saturated rings. The largest absolute Gasteiger partial charge is 0.349 e. The lowest BCUT2D eigenvalue weighted by molar-refractivity contribution is -0.120. The van der Waals surface area contributed by atoms with Crippen molar-refractivity contribution in [1.82, 2.24) is 0 Å². The second kappa shape index (κ2) is 7.11. The van der Waals surface area contributed by atoms with Crippen LogP contribution in [0.15, 0.2) is 59.3 Å². The van der Waals surface area contributed by atoms with Gasteiger partial charge in [-0.1, -0.05) is 61.8 Å². The van der Waals surface area contributed by atoms with Crippen molar-refractivity contribution in [3.05, 3.63) is 70.4 Å². The molecule has 5 heteroatoms. The minimum Gasteiger partial charge on any atom is -0.349 e. The molecule has 25 heavy (non-hydrogen) atoms. The lowest BCUT2D eigenvalue weighted by Gasteiger charge is -2.18. The average molecular weight is 355 g/mol. The third-order valence-electron chi connectivity index (χ3n) is 4.30. The summed E-state index contributed by atoms with van der Waals surface area (Å²) in [5.74, 6) is -0.925. The first kappa shape index (κ1) is 17.2. The van der Waals surface area contributed by atoms with Crippen LogP contribution in [0.25, 0.3) is 0 Å². The molecular formula is C20H19ClN2O2. The van der Waals surface area contributed by atoms with E-state index in [1.807, 2.05) is 50.2 Å². The Kier molecular flexibility index (Phi) is 4.91. The predicted octanol–water partition coefficient (Wildman–Crippen LogP) is 4.25. The lowest BCUT2D eigenvalue weighted by atomic mass is 10.1. The Bertz CT molecular complexity index is 874. The minimum atomic E-state index is -0.496. The topological polar surface area (TPSA) is 49.4 Å². The third-order valence-corrected chi connectivity index (χ3v) is 4.65. The van der Waals surface area contributed by atoms with Crippen LogP contribution < -0.4 is 10.2 Å². The van der Waals surface area contributed by atoms with Gasteiger partial charge in [0.15, 0.2) is 0 Å². The Labute approximate surface area is 152 Å². The van der Waals surface area contributed by atoms with Crippen LogP contribution in [-0.4, -0.2) is 11.8 Å². The average Bonchev–Trinajstić information content (AvgIpc) is 2.85. The number of carbonyl (C=O) groups is 2. The van der Waals surface area contributed by atoms with Crippen molar-refractivity contribution in [1.29, 1.82) is 0 Å². The highest BCUT2D eigenvalue weighted by molar-refractivity contribution is 6.53. The maximum atomic E-state index is 12.9. The van der Waals surface area contributed by atoms with Crippen LogP contribution in [0.4, 0.5) is 11.4 Å². The standard InChI is InChI=1S/C20H19ClN2O2/c1-3-13-9-5-7-11-15(13)22-18-17(21)19(24)23(20(18)25)16-12-8-6-10-14(16)4-2/h5-12,22H,3-4H2,1-2H3. The van der Waals surface area contributed by atoms with Crippen LogP contribution in [-0.2, 0) is 22.4 Å². The molecule has 0 saturated carbocycles. The molecule has 1 aliphatic heterocycles. The summed E-state index contributed by atoms with van der Waals surface area (Å²) in [4.78, 5) is 26.7. The fourth-order valence-electron chi connectivity index (χ4n) is 2.94. The molecule has 2 aromatic rings. The number of amides is 2. The summed E-state index contributed by atoms with van der Waals surface area (Å²) in [7, 11) is 0. The van der Waals surface area contributed by atoms with E-state index < -0.39 is 11.8 Å². The van der Waals surface area contributed by atoms with Crippen LogP contribution in [0.5, 0.6) is 0 Å². The number of hydrogen-bond donors (Lipinski definition) is 1. The predicted molar refractivity (Wildman–Crippen MR) is 101 cm³/mol. The van der Waals surface area contributed by atoms with E-state index in [4.69, 9.17) is 11.6 Å². The molecule has 2 aromatic carbocycles. The van der Waals surface area contributed by atoms with E-state index in [1.54, 1.807) is 12.1 Å². The molecule has 0 bridgehead atoms. The smallest absolute Gasteiger partial charge is 0.283 e. The van der Waals surface area contributed by atoms with E-state index in [0.29, 0.717) is 12.1 Å². The molecule has 0 aromatic heterocycles. The molecule has 1 heterocycles. The van der Waals surface area contributed by atoms with Gasteiger partial charge in [0.1, 0.15) is 10.7 Å². The summed E-state index contributed by atoms with van der Waals surface area (Å²) in [5.41, 5.74) is 3.46. The van der Waals surface area contributed by atoms with Crippen LogP contribution in [0, 0.1) is 0 Å². The van der Waals surface area contributed by atoms with Crippen molar-refractivity contribution >= 4 is 34.8 Å². The van der Waals surface area contributed by atoms with Gasteiger partial charge >= 0.3 is 0 Å². The third kappa shape index (κ3) is 3.05. The zero-order chi connectivity index (χ0) is 18.0. The summed E-state index contributed by atoms with van der Waals surface area (Å²) in [6, 6.07) is 15.0. The van der Waals surface area contributed by atoms with Crippen LogP contribution in [0.3, 0.4) is 0 Å². The van der Waals surface area contributed by atoms with Gasteiger partial charge in [0.2, 0.25) is 0 Å². The first-order chi connectivity index (χ1) is 12.1. The second-order valence-corrected chi connectivity index (χ2v) is 6.13. The molecule has 0 atom stereocenters. The molecule has 1 N–H and O–H groups in total. The number of rotatable bonds is 5. The van der Waals surface area contributed by atoms with Crippen molar-refractivity contribution in [2.45, 2.75) is 26.7 Å². The highest BCUT2D eigenvalue weighted by Gasteiger charge is 2.39. The van der Waals surface area contributed by atoms with E-state index in [1.165, 1.54) is 0 Å². The minimum absolute atomic E-state index is 0.0817. The molecule has 4 nitrogen and oxygen atoms in total. The normalized spacial score (nSPS) is 14.4. The number of hydrogen-bond acceptors (Lipinski definition) is 3. The van der Waals surface area contributed by atoms with Crippen molar-refractivity contribution in [3.8, 4) is 0 Å². The Hall–Kier alpha value is -2.59. The summed E-state index contributed by atoms with van der Waals surface area (Å²) >= 11 is 6.21. The number of nitrogens with one attached hydrogen (secondary N) is 1. The number of benzene rings is 2. The number of anilines is 2. The van der Waals surface area contributed by atoms with Gasteiger partial charge in [-0.05, 0) is 36.1 Å². The molecule has 1 aliphatic rings. The van der Waals surface area contributed by atoms with E-state index in [-0.39, 0.29) is 10.7 Å². The van der Waals surface area contributed by atoms with Crippen LogP contribution in [0.2, 0.25) is 0 Å². The summed E-state index contributed by atoms with van der Waals surface area (Å²) in [6.07, 6.45) is 1.52. The zero-order valence-electron chi connectivity index (χ0n) is 14.2. The van der Waals surface area contributed by atoms with E-state index in [9.17, 15) is 9.59 Å². The highest BCUT2D eigenvalue weighted by Crippen LogP contribution is 2.32. The fourth-order valence-corrected chi connectivity index (χ4v) is 3.16. The number of imide groups is 1. The number of carbonyl (C=O) groups excluding carboxylic acids is 2. The molecular weight excluding hydrogens is 336 g/mol. The second-order valence-electron chi connectivity index (χ2n) is 5.75. The zero-order valence-corrected chi connectivity index (χ0v) is 14.9. The van der Waals surface area contributed by atoms with Crippen molar-refractivity contribution in [2.75, 3.05) is 10.2 Å². The number of aryl methyl sites for hydroxylation is 2. The molecule has 0 saturated heterocycles. The van der Waals surface area contributed by atoms with E-state index >= 15 is 0 Å². The molecule has 3 rings (SSSR count). The summed E-state index contributed by atoms with van der Waals surface area (Å²) < 4.78 is 0. The first-order valence-corrected chi connectivity index (χ1v) is 8.67.